The Morgan fingerprint density at radius 1 is 1.38 bits per heavy atom. The van der Waals surface area contributed by atoms with Gasteiger partial charge >= 0.3 is 0 Å². The minimum absolute atomic E-state index is 0.172. The molecule has 3 heteroatoms. The normalized spacial score (nSPS) is 16.7. The fourth-order valence-electron chi connectivity index (χ4n) is 1.25. The molecule has 0 spiro atoms. The van der Waals surface area contributed by atoms with Crippen molar-refractivity contribution in [2.45, 2.75) is 25.4 Å². The van der Waals surface area contributed by atoms with Crippen molar-refractivity contribution in [2.24, 2.45) is 0 Å². The Balaban J connectivity index is 2.10. The Morgan fingerprint density at radius 2 is 2.15 bits per heavy atom. The Labute approximate surface area is 82.1 Å². The molecular formula is C10H11ClO2. The molecule has 1 aliphatic rings. The van der Waals surface area contributed by atoms with Gasteiger partial charge in [0, 0.05) is 6.07 Å². The number of aromatic hydroxyl groups is 1. The minimum atomic E-state index is 0.172. The molecule has 0 heterocycles. The largest absolute Gasteiger partial charge is 0.508 e. The predicted octanol–water partition coefficient (Wildman–Crippen LogP) is 2.98. The number of benzene rings is 1. The second kappa shape index (κ2) is 3.46. The summed E-state index contributed by atoms with van der Waals surface area (Å²) in [6, 6.07) is 4.78. The molecular weight excluding hydrogens is 188 g/mol. The van der Waals surface area contributed by atoms with Crippen LogP contribution >= 0.6 is 11.6 Å². The van der Waals surface area contributed by atoms with Crippen LogP contribution in [0, 0.1) is 0 Å². The minimum Gasteiger partial charge on any atom is -0.508 e. The maximum atomic E-state index is 9.10. The van der Waals surface area contributed by atoms with Gasteiger partial charge in [-0.15, -0.1) is 0 Å². The summed E-state index contributed by atoms with van der Waals surface area (Å²) in [6.07, 6.45) is 3.77. The van der Waals surface area contributed by atoms with Crippen LogP contribution in [0.1, 0.15) is 19.3 Å². The van der Waals surface area contributed by atoms with Crippen LogP contribution in [-0.4, -0.2) is 11.2 Å². The first-order valence-corrected chi connectivity index (χ1v) is 4.78. The lowest BCUT2D eigenvalue weighted by atomic mass is 9.96. The van der Waals surface area contributed by atoms with Crippen molar-refractivity contribution < 1.29 is 9.84 Å². The number of rotatable bonds is 2. The first kappa shape index (κ1) is 8.70. The van der Waals surface area contributed by atoms with Crippen LogP contribution in [0.3, 0.4) is 0 Å². The van der Waals surface area contributed by atoms with Gasteiger partial charge in [0.2, 0.25) is 0 Å². The molecule has 1 N–H and O–H groups in total. The average Bonchev–Trinajstić information content (AvgIpc) is 1.99. The van der Waals surface area contributed by atoms with E-state index < -0.39 is 0 Å². The number of hydrogen-bond donors (Lipinski definition) is 1. The Kier molecular flexibility index (Phi) is 2.32. The molecule has 1 aromatic rings. The molecule has 2 rings (SSSR count). The lowest BCUT2D eigenvalue weighted by Crippen LogP contribution is -2.24. The summed E-state index contributed by atoms with van der Waals surface area (Å²) < 4.78 is 5.59. The molecule has 0 aliphatic heterocycles. The molecule has 1 aliphatic carbocycles. The summed E-state index contributed by atoms with van der Waals surface area (Å²) >= 11 is 5.87. The lowest BCUT2D eigenvalue weighted by Gasteiger charge is -2.26. The van der Waals surface area contributed by atoms with Crippen molar-refractivity contribution in [3.8, 4) is 11.5 Å². The van der Waals surface area contributed by atoms with Crippen molar-refractivity contribution in [3.63, 3.8) is 0 Å². The van der Waals surface area contributed by atoms with Gasteiger partial charge in [0.05, 0.1) is 11.1 Å². The van der Waals surface area contributed by atoms with E-state index in [1.165, 1.54) is 12.5 Å². The highest BCUT2D eigenvalue weighted by Gasteiger charge is 2.19. The highest BCUT2D eigenvalue weighted by atomic mass is 35.5. The van der Waals surface area contributed by atoms with Gasteiger partial charge in [0.25, 0.3) is 0 Å². The second-order valence-electron chi connectivity index (χ2n) is 3.29. The molecule has 0 unspecified atom stereocenters. The van der Waals surface area contributed by atoms with Crippen LogP contribution in [0.25, 0.3) is 0 Å². The van der Waals surface area contributed by atoms with Crippen LogP contribution in [0.15, 0.2) is 18.2 Å². The van der Waals surface area contributed by atoms with Crippen LogP contribution in [0.5, 0.6) is 11.5 Å². The molecule has 0 saturated heterocycles. The van der Waals surface area contributed by atoms with Crippen molar-refractivity contribution >= 4 is 11.6 Å². The quantitative estimate of drug-likeness (QED) is 0.792. The van der Waals surface area contributed by atoms with Gasteiger partial charge in [-0.1, -0.05) is 11.6 Å². The smallest absolute Gasteiger partial charge is 0.138 e. The number of hydrogen-bond acceptors (Lipinski definition) is 2. The van der Waals surface area contributed by atoms with Crippen molar-refractivity contribution in [2.75, 3.05) is 0 Å². The van der Waals surface area contributed by atoms with Gasteiger partial charge in [0.15, 0.2) is 0 Å². The summed E-state index contributed by atoms with van der Waals surface area (Å²) in [5, 5.41) is 9.58. The second-order valence-corrected chi connectivity index (χ2v) is 3.69. The van der Waals surface area contributed by atoms with E-state index >= 15 is 0 Å². The summed E-state index contributed by atoms with van der Waals surface area (Å²) in [4.78, 5) is 0. The molecule has 2 nitrogen and oxygen atoms in total. The van der Waals surface area contributed by atoms with Crippen LogP contribution in [0.2, 0.25) is 5.02 Å². The zero-order valence-electron chi connectivity index (χ0n) is 7.16. The molecule has 1 aromatic carbocycles. The third-order valence-corrected chi connectivity index (χ3v) is 2.56. The summed E-state index contributed by atoms with van der Waals surface area (Å²) in [7, 11) is 0. The molecule has 0 atom stereocenters. The monoisotopic (exact) mass is 198 g/mol. The molecule has 70 valence electrons. The number of phenolic OH excluding ortho intramolecular Hbond substituents is 1. The maximum absolute atomic E-state index is 9.10. The highest BCUT2D eigenvalue weighted by molar-refractivity contribution is 6.32. The third kappa shape index (κ3) is 1.89. The summed E-state index contributed by atoms with van der Waals surface area (Å²) in [5.74, 6) is 0.843. The Hall–Kier alpha value is -0.890. The molecule has 1 saturated carbocycles. The third-order valence-electron chi connectivity index (χ3n) is 2.26. The van der Waals surface area contributed by atoms with Gasteiger partial charge < -0.3 is 9.84 Å². The van der Waals surface area contributed by atoms with Gasteiger partial charge in [-0.05, 0) is 31.4 Å². The topological polar surface area (TPSA) is 29.5 Å². The van der Waals surface area contributed by atoms with E-state index in [1.54, 1.807) is 12.1 Å². The van der Waals surface area contributed by atoms with Gasteiger partial charge in [0.1, 0.15) is 11.5 Å². The first-order valence-electron chi connectivity index (χ1n) is 4.41. The zero-order chi connectivity index (χ0) is 9.26. The molecule has 1 fully saturated rings. The fraction of sp³-hybridized carbons (Fsp3) is 0.400. The molecule has 0 radical (unpaired) electrons. The van der Waals surface area contributed by atoms with Gasteiger partial charge in [-0.25, -0.2) is 0 Å². The zero-order valence-corrected chi connectivity index (χ0v) is 7.92. The summed E-state index contributed by atoms with van der Waals surface area (Å²) in [6.45, 7) is 0. The Morgan fingerprint density at radius 3 is 2.69 bits per heavy atom. The van der Waals surface area contributed by atoms with Crippen LogP contribution in [-0.2, 0) is 0 Å². The predicted molar refractivity (Wildman–Crippen MR) is 51.4 cm³/mol. The maximum Gasteiger partial charge on any atom is 0.138 e. The van der Waals surface area contributed by atoms with Gasteiger partial charge in [-0.2, -0.15) is 0 Å². The van der Waals surface area contributed by atoms with Crippen molar-refractivity contribution in [3.05, 3.63) is 23.2 Å². The lowest BCUT2D eigenvalue weighted by molar-refractivity contribution is 0.120. The van der Waals surface area contributed by atoms with Crippen LogP contribution in [0.4, 0.5) is 0 Å². The number of halogens is 1. The van der Waals surface area contributed by atoms with Crippen molar-refractivity contribution in [1.29, 1.82) is 0 Å². The van der Waals surface area contributed by atoms with E-state index in [4.69, 9.17) is 21.4 Å². The summed E-state index contributed by atoms with van der Waals surface area (Å²) in [5.41, 5.74) is 0. The average molecular weight is 199 g/mol. The van der Waals surface area contributed by atoms with Gasteiger partial charge in [-0.3, -0.25) is 0 Å². The van der Waals surface area contributed by atoms with Crippen LogP contribution < -0.4 is 4.74 Å². The fourth-order valence-corrected chi connectivity index (χ4v) is 1.47. The van der Waals surface area contributed by atoms with Crippen molar-refractivity contribution in [1.82, 2.24) is 0 Å². The molecule has 0 aromatic heterocycles. The highest BCUT2D eigenvalue weighted by Crippen LogP contribution is 2.32. The van der Waals surface area contributed by atoms with E-state index in [9.17, 15) is 0 Å². The molecule has 0 bridgehead atoms. The Bertz CT molecular complexity index is 308. The van der Waals surface area contributed by atoms with E-state index in [0.29, 0.717) is 16.9 Å². The first-order chi connectivity index (χ1) is 6.25. The SMILES string of the molecule is Oc1ccc(OC2CCC2)c(Cl)c1. The standard InChI is InChI=1S/C10H11ClO2/c11-9-6-7(12)4-5-10(9)13-8-2-1-3-8/h4-6,8,12H,1-3H2. The molecule has 0 amide bonds. The van der Waals surface area contributed by atoms with E-state index in [2.05, 4.69) is 0 Å². The number of ether oxygens (including phenoxy) is 1. The van der Waals surface area contributed by atoms with E-state index in [0.717, 1.165) is 12.8 Å². The van der Waals surface area contributed by atoms with E-state index in [1.807, 2.05) is 0 Å². The number of phenols is 1. The van der Waals surface area contributed by atoms with E-state index in [-0.39, 0.29) is 5.75 Å². The molecule has 13 heavy (non-hydrogen) atoms.